The zero-order chi connectivity index (χ0) is 25.2. The highest BCUT2D eigenvalue weighted by atomic mass is 31.2. The van der Waals surface area contributed by atoms with Crippen molar-refractivity contribution in [3.8, 4) is 0 Å². The minimum absolute atomic E-state index is 0.0355. The Labute approximate surface area is 201 Å². The van der Waals surface area contributed by atoms with Crippen LogP contribution < -0.4 is 0 Å². The average molecular weight is 497 g/mol. The molecule has 0 heterocycles. The molecule has 0 rings (SSSR count). The van der Waals surface area contributed by atoms with Crippen molar-refractivity contribution in [3.05, 3.63) is 0 Å². The fraction of sp³-hybridized carbons (Fsp3) is 0.958. The number of nitrogens with zero attached hydrogens (tertiary/aromatic N) is 1. The van der Waals surface area contributed by atoms with Gasteiger partial charge >= 0.3 is 7.82 Å². The van der Waals surface area contributed by atoms with Crippen LogP contribution in [0, 0.1) is 0 Å². The molecule has 3 atom stereocenters. The molecule has 0 aliphatic heterocycles. The SMILES string of the molecule is CCCCCCCCCCCCCCCC(=O)C(OP(=O)(O)OCC[N+](C)(C)C)C(O)CO. The van der Waals surface area contributed by atoms with Crippen molar-refractivity contribution in [1.29, 1.82) is 0 Å². The molecule has 0 aliphatic rings. The van der Waals surface area contributed by atoms with Gasteiger partial charge in [-0.25, -0.2) is 4.57 Å². The molecule has 3 N–H and O–H groups in total. The Morgan fingerprint density at radius 1 is 0.879 bits per heavy atom. The van der Waals surface area contributed by atoms with Gasteiger partial charge in [0.2, 0.25) is 0 Å². The summed E-state index contributed by atoms with van der Waals surface area (Å²) in [6.45, 7) is 1.92. The topological polar surface area (TPSA) is 113 Å². The summed E-state index contributed by atoms with van der Waals surface area (Å²) >= 11 is 0. The number of unbranched alkanes of at least 4 members (excludes halogenated alkanes) is 12. The Hall–Kier alpha value is -0.340. The second-order valence-corrected chi connectivity index (χ2v) is 11.5. The molecule has 198 valence electrons. The number of ketones is 1. The maximum absolute atomic E-state index is 12.5. The van der Waals surface area contributed by atoms with Gasteiger partial charge in [-0.1, -0.05) is 84.0 Å². The number of rotatable bonds is 23. The zero-order valence-corrected chi connectivity index (χ0v) is 22.4. The van der Waals surface area contributed by atoms with Crippen LogP contribution >= 0.6 is 7.82 Å². The first-order valence-electron chi connectivity index (χ1n) is 12.8. The molecule has 33 heavy (non-hydrogen) atoms. The van der Waals surface area contributed by atoms with Crippen LogP contribution in [-0.2, 0) is 18.4 Å². The fourth-order valence-corrected chi connectivity index (χ4v) is 4.42. The maximum atomic E-state index is 12.5. The predicted molar refractivity (Wildman–Crippen MR) is 132 cm³/mol. The van der Waals surface area contributed by atoms with Gasteiger partial charge in [-0.15, -0.1) is 0 Å². The summed E-state index contributed by atoms with van der Waals surface area (Å²) in [5.41, 5.74) is 0. The molecule has 0 bridgehead atoms. The molecule has 0 aromatic carbocycles. The third kappa shape index (κ3) is 19.6. The van der Waals surface area contributed by atoms with E-state index in [1.807, 2.05) is 21.1 Å². The van der Waals surface area contributed by atoms with E-state index in [2.05, 4.69) is 6.92 Å². The highest BCUT2D eigenvalue weighted by Crippen LogP contribution is 2.45. The van der Waals surface area contributed by atoms with Gasteiger partial charge in [0.25, 0.3) is 0 Å². The summed E-state index contributed by atoms with van der Waals surface area (Å²) in [6.07, 6.45) is 12.4. The highest BCUT2D eigenvalue weighted by molar-refractivity contribution is 7.47. The average Bonchev–Trinajstić information content (AvgIpc) is 2.73. The predicted octanol–water partition coefficient (Wildman–Crippen LogP) is 4.60. The molecule has 0 spiro atoms. The molecule has 0 fully saturated rings. The van der Waals surface area contributed by atoms with Crippen LogP contribution in [0.2, 0.25) is 0 Å². The summed E-state index contributed by atoms with van der Waals surface area (Å²) in [7, 11) is 1.19. The lowest BCUT2D eigenvalue weighted by molar-refractivity contribution is -0.870. The Kier molecular flexibility index (Phi) is 18.7. The molecule has 0 amide bonds. The molecule has 0 aromatic rings. The number of hydrogen-bond donors (Lipinski definition) is 3. The molecular weight excluding hydrogens is 445 g/mol. The quantitative estimate of drug-likeness (QED) is 0.108. The van der Waals surface area contributed by atoms with Crippen molar-refractivity contribution in [3.63, 3.8) is 0 Å². The fourth-order valence-electron chi connectivity index (χ4n) is 3.50. The Morgan fingerprint density at radius 2 is 1.33 bits per heavy atom. The van der Waals surface area contributed by atoms with Crippen LogP contribution in [0.3, 0.4) is 0 Å². The Morgan fingerprint density at radius 3 is 1.76 bits per heavy atom. The molecule has 0 aromatic heterocycles. The van der Waals surface area contributed by atoms with Gasteiger partial charge < -0.3 is 19.6 Å². The van der Waals surface area contributed by atoms with E-state index in [-0.39, 0.29) is 13.0 Å². The summed E-state index contributed by atoms with van der Waals surface area (Å²) in [6, 6.07) is 0. The van der Waals surface area contributed by atoms with E-state index in [9.17, 15) is 24.5 Å². The Balaban J connectivity index is 4.09. The lowest BCUT2D eigenvalue weighted by Gasteiger charge is -2.26. The van der Waals surface area contributed by atoms with Gasteiger partial charge in [-0.2, -0.15) is 0 Å². The van der Waals surface area contributed by atoms with E-state index >= 15 is 0 Å². The van der Waals surface area contributed by atoms with Crippen LogP contribution in [0.5, 0.6) is 0 Å². The number of phosphoric ester groups is 1. The van der Waals surface area contributed by atoms with Crippen molar-refractivity contribution in [2.45, 2.75) is 109 Å². The number of aliphatic hydroxyl groups is 2. The van der Waals surface area contributed by atoms with Crippen molar-refractivity contribution < 1.29 is 38.0 Å². The number of carbonyl (C=O) groups is 1. The van der Waals surface area contributed by atoms with Crippen LogP contribution in [0.15, 0.2) is 0 Å². The van der Waals surface area contributed by atoms with Gasteiger partial charge in [-0.05, 0) is 6.42 Å². The van der Waals surface area contributed by atoms with Crippen LogP contribution in [0.25, 0.3) is 0 Å². The summed E-state index contributed by atoms with van der Waals surface area (Å²) in [4.78, 5) is 22.4. The molecule has 0 saturated heterocycles. The van der Waals surface area contributed by atoms with Gasteiger partial charge in [0.15, 0.2) is 11.9 Å². The van der Waals surface area contributed by atoms with Crippen molar-refractivity contribution in [1.82, 2.24) is 0 Å². The minimum atomic E-state index is -4.53. The first kappa shape index (κ1) is 32.7. The van der Waals surface area contributed by atoms with Crippen LogP contribution in [0.1, 0.15) is 96.8 Å². The Bertz CT molecular complexity index is 539. The van der Waals surface area contributed by atoms with Crippen molar-refractivity contribution in [2.75, 3.05) is 40.9 Å². The minimum Gasteiger partial charge on any atom is -0.394 e. The van der Waals surface area contributed by atoms with Gasteiger partial charge in [0, 0.05) is 6.42 Å². The van der Waals surface area contributed by atoms with Crippen molar-refractivity contribution >= 4 is 13.6 Å². The normalized spacial score (nSPS) is 15.8. The lowest BCUT2D eigenvalue weighted by Crippen LogP contribution is -2.39. The third-order valence-corrected chi connectivity index (χ3v) is 6.65. The molecule has 0 aliphatic carbocycles. The molecule has 0 saturated carbocycles. The third-order valence-electron chi connectivity index (χ3n) is 5.64. The van der Waals surface area contributed by atoms with Gasteiger partial charge in [-0.3, -0.25) is 13.8 Å². The molecule has 9 heteroatoms. The van der Waals surface area contributed by atoms with Crippen LogP contribution in [0.4, 0.5) is 0 Å². The molecule has 8 nitrogen and oxygen atoms in total. The smallest absolute Gasteiger partial charge is 0.394 e. The number of carbonyl (C=O) groups excluding carboxylic acids is 1. The second kappa shape index (κ2) is 18.9. The van der Waals surface area contributed by atoms with E-state index < -0.39 is 32.4 Å². The number of phosphoric acid groups is 1. The number of hydrogen-bond acceptors (Lipinski definition) is 6. The largest absolute Gasteiger partial charge is 0.473 e. The first-order valence-corrected chi connectivity index (χ1v) is 14.3. The summed E-state index contributed by atoms with van der Waals surface area (Å²) in [5.74, 6) is -0.496. The molecule has 3 unspecified atom stereocenters. The highest BCUT2D eigenvalue weighted by Gasteiger charge is 2.35. The number of Topliss-reactive ketones (excluding diaryl/α,β-unsaturated/α-hetero) is 1. The van der Waals surface area contributed by atoms with E-state index in [1.54, 1.807) is 0 Å². The van der Waals surface area contributed by atoms with E-state index in [0.717, 1.165) is 19.3 Å². The molecule has 0 radical (unpaired) electrons. The maximum Gasteiger partial charge on any atom is 0.473 e. The second-order valence-electron chi connectivity index (χ2n) is 10.1. The monoisotopic (exact) mass is 496 g/mol. The van der Waals surface area contributed by atoms with Gasteiger partial charge in [0.1, 0.15) is 19.3 Å². The number of aliphatic hydroxyl groups excluding tert-OH is 2. The van der Waals surface area contributed by atoms with E-state index in [0.29, 0.717) is 17.4 Å². The van der Waals surface area contributed by atoms with E-state index in [4.69, 9.17) is 9.05 Å². The first-order chi connectivity index (χ1) is 15.5. The zero-order valence-electron chi connectivity index (χ0n) is 21.5. The lowest BCUT2D eigenvalue weighted by atomic mass is 10.0. The van der Waals surface area contributed by atoms with Crippen molar-refractivity contribution in [2.24, 2.45) is 0 Å². The van der Waals surface area contributed by atoms with Gasteiger partial charge in [0.05, 0.1) is 27.7 Å². The van der Waals surface area contributed by atoms with Crippen LogP contribution in [-0.4, -0.2) is 78.5 Å². The van der Waals surface area contributed by atoms with E-state index in [1.165, 1.54) is 57.8 Å². The summed E-state index contributed by atoms with van der Waals surface area (Å²) < 4.78 is 22.6. The molecular formula is C24H51NO7P+. The number of quaternary nitrogens is 1. The standard InChI is InChI=1S/C24H50NO7P/c1-5-6-7-8-9-10-11-12-13-14-15-16-17-18-22(27)24(23(28)21-26)32-33(29,30)31-20-19-25(2,3)4/h23-24,26,28H,5-21H2,1-4H3/p+1. The summed E-state index contributed by atoms with van der Waals surface area (Å²) in [5, 5.41) is 19.1. The number of likely N-dealkylation sites (N-methyl/N-ethyl adjacent to an activating group) is 1.